The second-order valence-electron chi connectivity index (χ2n) is 7.27. The molecular weight excluding hydrogens is 396 g/mol. The Kier molecular flexibility index (Phi) is 5.83. The van der Waals surface area contributed by atoms with E-state index in [1.807, 2.05) is 79.7 Å². The van der Waals surface area contributed by atoms with E-state index in [0.29, 0.717) is 23.5 Å². The van der Waals surface area contributed by atoms with Crippen LogP contribution in [0.3, 0.4) is 0 Å². The molecule has 5 heteroatoms. The van der Waals surface area contributed by atoms with Crippen LogP contribution in [0, 0.1) is 29.6 Å². The molecule has 0 aliphatic carbocycles. The van der Waals surface area contributed by atoms with Crippen LogP contribution in [0.4, 0.5) is 5.82 Å². The van der Waals surface area contributed by atoms with Gasteiger partial charge in [-0.1, -0.05) is 60.7 Å². The van der Waals surface area contributed by atoms with Gasteiger partial charge in [0, 0.05) is 22.4 Å². The third-order valence-electron chi connectivity index (χ3n) is 5.26. The molecule has 32 heavy (non-hydrogen) atoms. The maximum atomic E-state index is 9.82. The number of nitrogens with zero attached hydrogens (tertiary/aromatic N) is 3. The standard InChI is InChI=1S/C27H20N4O/c1-18-25(19-7-3-2-4-8-19)26(24(16-29)27(30)31-18)20-11-13-23(14-12-20)32-17-22-10-6-5-9-21(22)15-28/h2-14H,17H2,1H3,(H2,30,31). The van der Waals surface area contributed by atoms with E-state index in [2.05, 4.69) is 17.1 Å². The molecule has 0 amide bonds. The minimum absolute atomic E-state index is 0.216. The molecule has 0 aliphatic heterocycles. The fourth-order valence-corrected chi connectivity index (χ4v) is 3.72. The topological polar surface area (TPSA) is 95.7 Å². The van der Waals surface area contributed by atoms with E-state index in [9.17, 15) is 10.5 Å². The number of hydrogen-bond acceptors (Lipinski definition) is 5. The number of aryl methyl sites for hydroxylation is 1. The van der Waals surface area contributed by atoms with Crippen molar-refractivity contribution < 1.29 is 4.74 Å². The van der Waals surface area contributed by atoms with Crippen LogP contribution in [0.25, 0.3) is 22.3 Å². The van der Waals surface area contributed by atoms with Gasteiger partial charge >= 0.3 is 0 Å². The van der Waals surface area contributed by atoms with Crippen LogP contribution in [-0.4, -0.2) is 4.98 Å². The van der Waals surface area contributed by atoms with Crippen molar-refractivity contribution in [3.8, 4) is 40.1 Å². The van der Waals surface area contributed by atoms with Crippen LogP contribution in [-0.2, 0) is 6.61 Å². The van der Waals surface area contributed by atoms with Gasteiger partial charge in [-0.3, -0.25) is 0 Å². The highest BCUT2D eigenvalue weighted by Crippen LogP contribution is 2.39. The fraction of sp³-hybridized carbons (Fsp3) is 0.0741. The molecule has 0 spiro atoms. The van der Waals surface area contributed by atoms with Crippen molar-refractivity contribution >= 4 is 5.82 Å². The van der Waals surface area contributed by atoms with Crippen molar-refractivity contribution in [2.45, 2.75) is 13.5 Å². The van der Waals surface area contributed by atoms with Crippen LogP contribution in [0.5, 0.6) is 5.75 Å². The Morgan fingerprint density at radius 1 is 0.812 bits per heavy atom. The first-order valence-corrected chi connectivity index (χ1v) is 10.1. The summed E-state index contributed by atoms with van der Waals surface area (Å²) >= 11 is 0. The van der Waals surface area contributed by atoms with Gasteiger partial charge in [0.2, 0.25) is 0 Å². The summed E-state index contributed by atoms with van der Waals surface area (Å²) in [5.74, 6) is 0.883. The Labute approximate surface area is 187 Å². The van der Waals surface area contributed by atoms with Crippen molar-refractivity contribution in [1.82, 2.24) is 4.98 Å². The lowest BCUT2D eigenvalue weighted by atomic mass is 9.90. The SMILES string of the molecule is Cc1nc(N)c(C#N)c(-c2ccc(OCc3ccccc3C#N)cc2)c1-c1ccccc1. The molecular formula is C27H20N4O. The second kappa shape index (κ2) is 9.04. The molecule has 0 saturated heterocycles. The van der Waals surface area contributed by atoms with E-state index in [1.54, 1.807) is 6.07 Å². The van der Waals surface area contributed by atoms with Gasteiger partial charge < -0.3 is 10.5 Å². The smallest absolute Gasteiger partial charge is 0.142 e. The summed E-state index contributed by atoms with van der Waals surface area (Å²) in [5, 5.41) is 19.1. The van der Waals surface area contributed by atoms with Crippen LogP contribution < -0.4 is 10.5 Å². The predicted octanol–water partition coefficient (Wildman–Crippen LogP) is 5.63. The van der Waals surface area contributed by atoms with Gasteiger partial charge in [0.1, 0.15) is 29.8 Å². The molecule has 1 heterocycles. The number of rotatable bonds is 5. The van der Waals surface area contributed by atoms with Crippen LogP contribution >= 0.6 is 0 Å². The fourth-order valence-electron chi connectivity index (χ4n) is 3.72. The largest absolute Gasteiger partial charge is 0.489 e. The molecule has 0 aliphatic rings. The average molecular weight is 416 g/mol. The van der Waals surface area contributed by atoms with Gasteiger partial charge in [0.05, 0.1) is 11.6 Å². The van der Waals surface area contributed by atoms with Crippen LogP contribution in [0.15, 0.2) is 78.9 Å². The van der Waals surface area contributed by atoms with Crippen LogP contribution in [0.1, 0.15) is 22.4 Å². The highest BCUT2D eigenvalue weighted by atomic mass is 16.5. The normalized spacial score (nSPS) is 10.2. The van der Waals surface area contributed by atoms with Crippen molar-refractivity contribution in [3.63, 3.8) is 0 Å². The molecule has 4 aromatic rings. The number of ether oxygens (including phenoxy) is 1. The van der Waals surface area contributed by atoms with Crippen molar-refractivity contribution in [3.05, 3.63) is 101 Å². The van der Waals surface area contributed by atoms with Crippen LogP contribution in [0.2, 0.25) is 0 Å². The van der Waals surface area contributed by atoms with E-state index in [-0.39, 0.29) is 5.82 Å². The third-order valence-corrected chi connectivity index (χ3v) is 5.26. The lowest BCUT2D eigenvalue weighted by molar-refractivity contribution is 0.306. The first-order chi connectivity index (χ1) is 15.6. The number of nitriles is 2. The molecule has 0 fully saturated rings. The van der Waals surface area contributed by atoms with Gasteiger partial charge in [0.25, 0.3) is 0 Å². The van der Waals surface area contributed by atoms with E-state index in [0.717, 1.165) is 33.5 Å². The quantitative estimate of drug-likeness (QED) is 0.455. The first-order valence-electron chi connectivity index (χ1n) is 10.1. The number of nitrogens with two attached hydrogens (primary N) is 1. The summed E-state index contributed by atoms with van der Waals surface area (Å²) in [5.41, 5.74) is 12.1. The molecule has 4 rings (SSSR count). The van der Waals surface area contributed by atoms with E-state index in [4.69, 9.17) is 10.5 Å². The van der Waals surface area contributed by atoms with Crippen molar-refractivity contribution in [2.24, 2.45) is 0 Å². The number of anilines is 1. The predicted molar refractivity (Wildman–Crippen MR) is 124 cm³/mol. The third kappa shape index (κ3) is 4.01. The van der Waals surface area contributed by atoms with Gasteiger partial charge in [-0.15, -0.1) is 0 Å². The first kappa shape index (κ1) is 20.7. The molecule has 0 saturated carbocycles. The van der Waals surface area contributed by atoms with E-state index < -0.39 is 0 Å². The highest BCUT2D eigenvalue weighted by molar-refractivity contribution is 5.91. The molecule has 1 aromatic heterocycles. The summed E-state index contributed by atoms with van der Waals surface area (Å²) in [6.07, 6.45) is 0. The molecule has 3 aromatic carbocycles. The zero-order valence-corrected chi connectivity index (χ0v) is 17.5. The molecule has 2 N–H and O–H groups in total. The molecule has 5 nitrogen and oxygen atoms in total. The monoisotopic (exact) mass is 416 g/mol. The highest BCUT2D eigenvalue weighted by Gasteiger charge is 2.19. The zero-order valence-electron chi connectivity index (χ0n) is 17.5. The van der Waals surface area contributed by atoms with Gasteiger partial charge in [-0.25, -0.2) is 4.98 Å². The summed E-state index contributed by atoms with van der Waals surface area (Å²) in [6.45, 7) is 2.19. The Morgan fingerprint density at radius 3 is 2.16 bits per heavy atom. The second-order valence-corrected chi connectivity index (χ2v) is 7.27. The summed E-state index contributed by atoms with van der Waals surface area (Å²) in [7, 11) is 0. The maximum Gasteiger partial charge on any atom is 0.142 e. The Hall–Kier alpha value is -4.61. The van der Waals surface area contributed by atoms with Gasteiger partial charge in [-0.2, -0.15) is 10.5 Å². The molecule has 0 unspecified atom stereocenters. The minimum Gasteiger partial charge on any atom is -0.489 e. The van der Waals surface area contributed by atoms with E-state index >= 15 is 0 Å². The van der Waals surface area contributed by atoms with Gasteiger partial charge in [0.15, 0.2) is 0 Å². The van der Waals surface area contributed by atoms with E-state index in [1.165, 1.54) is 0 Å². The molecule has 0 atom stereocenters. The molecule has 0 radical (unpaired) electrons. The molecule has 0 bridgehead atoms. The van der Waals surface area contributed by atoms with Gasteiger partial charge in [-0.05, 0) is 36.2 Å². The lowest BCUT2D eigenvalue weighted by Gasteiger charge is -2.16. The van der Waals surface area contributed by atoms with Crippen molar-refractivity contribution in [1.29, 1.82) is 10.5 Å². The number of nitrogen functional groups attached to an aromatic ring is 1. The minimum atomic E-state index is 0.216. The summed E-state index contributed by atoms with van der Waals surface area (Å²) < 4.78 is 5.89. The number of pyridine rings is 1. The van der Waals surface area contributed by atoms with Crippen molar-refractivity contribution in [2.75, 3.05) is 5.73 Å². The summed E-state index contributed by atoms with van der Waals surface area (Å²) in [6, 6.07) is 29.1. The summed E-state index contributed by atoms with van der Waals surface area (Å²) in [4.78, 5) is 4.41. The number of benzene rings is 3. The average Bonchev–Trinajstić information content (AvgIpc) is 2.83. The Balaban J connectivity index is 1.71. The molecule has 154 valence electrons. The zero-order chi connectivity index (χ0) is 22.5. The number of hydrogen-bond donors (Lipinski definition) is 1. The number of aromatic nitrogens is 1. The lowest BCUT2D eigenvalue weighted by Crippen LogP contribution is -2.03. The Bertz CT molecular complexity index is 1350. The maximum absolute atomic E-state index is 9.82. The Morgan fingerprint density at radius 2 is 1.47 bits per heavy atom.